The summed E-state index contributed by atoms with van der Waals surface area (Å²) in [5.41, 5.74) is 10.0. The number of nitrogen functional groups attached to an aromatic ring is 1. The Morgan fingerprint density at radius 1 is 1.09 bits per heavy atom. The van der Waals surface area contributed by atoms with E-state index < -0.39 is 5.25 Å². The van der Waals surface area contributed by atoms with Gasteiger partial charge in [0, 0.05) is 6.54 Å². The van der Waals surface area contributed by atoms with Gasteiger partial charge in [0.05, 0.1) is 22.9 Å². The monoisotopic (exact) mass is 443 g/mol. The van der Waals surface area contributed by atoms with Crippen molar-refractivity contribution in [1.29, 1.82) is 0 Å². The molecule has 0 bridgehead atoms. The van der Waals surface area contributed by atoms with E-state index in [1.165, 1.54) is 6.33 Å². The first kappa shape index (κ1) is 20.2. The fraction of sp³-hybridized carbons (Fsp3) is 0.174. The lowest BCUT2D eigenvalue weighted by molar-refractivity contribution is 0.622. The van der Waals surface area contributed by atoms with E-state index in [0.717, 1.165) is 11.1 Å². The number of hydrogen-bond acceptors (Lipinski definition) is 7. The second kappa shape index (κ2) is 8.08. The fourth-order valence-electron chi connectivity index (χ4n) is 3.95. The first-order chi connectivity index (χ1) is 15.5. The van der Waals surface area contributed by atoms with Crippen LogP contribution in [-0.2, 0) is 13.0 Å². The second-order valence-electron chi connectivity index (χ2n) is 7.60. The second-order valence-corrected chi connectivity index (χ2v) is 8.12. The molecule has 32 heavy (non-hydrogen) atoms. The number of nitrogens with one attached hydrogen (secondary N) is 1. The smallest absolute Gasteiger partial charge is 0.261 e. The molecule has 0 aliphatic rings. The lowest BCUT2D eigenvalue weighted by Gasteiger charge is -2.19. The molecule has 0 radical (unpaired) electrons. The average Bonchev–Trinajstić information content (AvgIpc) is 3.26. The Morgan fingerprint density at radius 2 is 1.91 bits per heavy atom. The Labute approximate surface area is 189 Å². The molecule has 0 aliphatic heterocycles. The third-order valence-corrected chi connectivity index (χ3v) is 5.99. The molecular formula is C23H21N7OS. The SMILES string of the molecule is Cc1cccc2nc(C(S)c3nc(N)nc4[nH]cnc34)n(CCc3ccccc3)c(=O)c12. The van der Waals surface area contributed by atoms with Crippen LogP contribution >= 0.6 is 12.6 Å². The summed E-state index contributed by atoms with van der Waals surface area (Å²) in [7, 11) is 0. The molecule has 9 heteroatoms. The zero-order valence-electron chi connectivity index (χ0n) is 17.4. The van der Waals surface area contributed by atoms with Gasteiger partial charge in [-0.05, 0) is 30.5 Å². The lowest BCUT2D eigenvalue weighted by Crippen LogP contribution is -2.28. The zero-order valence-corrected chi connectivity index (χ0v) is 18.3. The minimum atomic E-state index is -0.625. The van der Waals surface area contributed by atoms with Gasteiger partial charge in [-0.25, -0.2) is 15.0 Å². The first-order valence-electron chi connectivity index (χ1n) is 10.2. The van der Waals surface area contributed by atoms with Crippen LogP contribution in [0, 0.1) is 6.92 Å². The van der Waals surface area contributed by atoms with Crippen LogP contribution in [0.25, 0.3) is 22.1 Å². The standard InChI is InChI=1S/C23H21N7OS/c1-13-6-5-9-15-16(13)22(31)30(11-10-14-7-3-2-4-8-14)21(27-15)19(32)17-18-20(26-12-25-18)29-23(24)28-17/h2-9,12,19,32H,10-11H2,1H3,(H3,24,25,26,28,29). The van der Waals surface area contributed by atoms with Gasteiger partial charge in [0.2, 0.25) is 5.95 Å². The highest BCUT2D eigenvalue weighted by atomic mass is 32.1. The highest BCUT2D eigenvalue weighted by Crippen LogP contribution is 2.30. The minimum Gasteiger partial charge on any atom is -0.368 e. The van der Waals surface area contributed by atoms with Gasteiger partial charge in [-0.15, -0.1) is 0 Å². The number of aromatic nitrogens is 6. The van der Waals surface area contributed by atoms with Gasteiger partial charge in [-0.3, -0.25) is 9.36 Å². The van der Waals surface area contributed by atoms with Crippen molar-refractivity contribution in [3.8, 4) is 0 Å². The van der Waals surface area contributed by atoms with E-state index in [-0.39, 0.29) is 11.5 Å². The molecule has 5 aromatic rings. The first-order valence-corrected chi connectivity index (χ1v) is 10.7. The molecule has 5 rings (SSSR count). The Kier molecular flexibility index (Phi) is 5.10. The third-order valence-electron chi connectivity index (χ3n) is 5.52. The number of aromatic amines is 1. The number of nitrogens with two attached hydrogens (primary N) is 1. The van der Waals surface area contributed by atoms with Gasteiger partial charge in [-0.2, -0.15) is 17.6 Å². The number of fused-ring (bicyclic) bond motifs is 2. The topological polar surface area (TPSA) is 115 Å². The summed E-state index contributed by atoms with van der Waals surface area (Å²) < 4.78 is 1.69. The van der Waals surface area contributed by atoms with Gasteiger partial charge in [-0.1, -0.05) is 42.5 Å². The molecule has 8 nitrogen and oxygen atoms in total. The van der Waals surface area contributed by atoms with Gasteiger partial charge >= 0.3 is 0 Å². The van der Waals surface area contributed by atoms with E-state index in [2.05, 4.69) is 19.9 Å². The molecule has 3 heterocycles. The number of imidazole rings is 1. The number of nitrogens with zero attached hydrogens (tertiary/aromatic N) is 5. The average molecular weight is 444 g/mol. The zero-order chi connectivity index (χ0) is 22.2. The van der Waals surface area contributed by atoms with Crippen molar-refractivity contribution in [1.82, 2.24) is 29.5 Å². The Hall–Kier alpha value is -3.72. The van der Waals surface area contributed by atoms with Crippen molar-refractivity contribution in [2.75, 3.05) is 5.73 Å². The van der Waals surface area contributed by atoms with E-state index in [9.17, 15) is 4.79 Å². The summed E-state index contributed by atoms with van der Waals surface area (Å²) in [5.74, 6) is 0.598. The molecule has 2 aromatic carbocycles. The number of anilines is 1. The van der Waals surface area contributed by atoms with Crippen LogP contribution in [0.3, 0.4) is 0 Å². The van der Waals surface area contributed by atoms with Crippen molar-refractivity contribution < 1.29 is 0 Å². The minimum absolute atomic E-state index is 0.0987. The molecule has 1 unspecified atom stereocenters. The summed E-state index contributed by atoms with van der Waals surface area (Å²) >= 11 is 4.83. The summed E-state index contributed by atoms with van der Waals surface area (Å²) in [6, 6.07) is 15.7. The van der Waals surface area contributed by atoms with Crippen molar-refractivity contribution in [3.05, 3.63) is 87.9 Å². The largest absolute Gasteiger partial charge is 0.368 e. The number of H-pyrrole nitrogens is 1. The fourth-order valence-corrected chi connectivity index (χ4v) is 4.32. The number of thiol groups is 1. The normalized spacial score (nSPS) is 12.4. The van der Waals surface area contributed by atoms with Crippen molar-refractivity contribution in [3.63, 3.8) is 0 Å². The van der Waals surface area contributed by atoms with E-state index >= 15 is 0 Å². The maximum Gasteiger partial charge on any atom is 0.261 e. The summed E-state index contributed by atoms with van der Waals surface area (Å²) in [6.07, 6.45) is 2.21. The van der Waals surface area contributed by atoms with E-state index in [0.29, 0.717) is 46.6 Å². The summed E-state index contributed by atoms with van der Waals surface area (Å²) in [6.45, 7) is 2.37. The van der Waals surface area contributed by atoms with Gasteiger partial charge in [0.15, 0.2) is 5.65 Å². The Bertz CT molecular complexity index is 1490. The van der Waals surface area contributed by atoms with E-state index in [1.54, 1.807) is 4.57 Å². The van der Waals surface area contributed by atoms with Crippen LogP contribution < -0.4 is 11.3 Å². The molecule has 0 fully saturated rings. The predicted molar refractivity (Wildman–Crippen MR) is 128 cm³/mol. The van der Waals surface area contributed by atoms with Crippen LogP contribution in [0.2, 0.25) is 0 Å². The van der Waals surface area contributed by atoms with Crippen LogP contribution in [0.1, 0.15) is 27.9 Å². The Balaban J connectivity index is 1.70. The molecule has 0 aliphatic carbocycles. The van der Waals surface area contributed by atoms with Crippen LogP contribution in [0.5, 0.6) is 0 Å². The van der Waals surface area contributed by atoms with Gasteiger partial charge in [0.1, 0.15) is 16.6 Å². The number of rotatable bonds is 5. The third kappa shape index (κ3) is 3.50. The molecule has 1 atom stereocenters. The quantitative estimate of drug-likeness (QED) is 0.359. The van der Waals surface area contributed by atoms with Crippen molar-refractivity contribution in [2.24, 2.45) is 0 Å². The summed E-state index contributed by atoms with van der Waals surface area (Å²) in [5, 5.41) is -0.0172. The van der Waals surface area contributed by atoms with Crippen LogP contribution in [0.15, 0.2) is 59.7 Å². The Morgan fingerprint density at radius 3 is 2.72 bits per heavy atom. The number of hydrogen-bond donors (Lipinski definition) is 3. The highest BCUT2D eigenvalue weighted by Gasteiger charge is 2.24. The molecule has 3 aromatic heterocycles. The van der Waals surface area contributed by atoms with Crippen LogP contribution in [-0.4, -0.2) is 29.5 Å². The van der Waals surface area contributed by atoms with E-state index in [1.807, 2.05) is 55.5 Å². The number of aryl methyl sites for hydroxylation is 2. The summed E-state index contributed by atoms with van der Waals surface area (Å²) in [4.78, 5) is 34.3. The maximum atomic E-state index is 13.6. The number of benzene rings is 2. The van der Waals surface area contributed by atoms with Gasteiger partial charge < -0.3 is 10.7 Å². The highest BCUT2D eigenvalue weighted by molar-refractivity contribution is 7.80. The predicted octanol–water partition coefficient (Wildman–Crippen LogP) is 3.22. The molecule has 0 amide bonds. The van der Waals surface area contributed by atoms with Crippen molar-refractivity contribution in [2.45, 2.75) is 25.1 Å². The molecule has 0 saturated carbocycles. The maximum absolute atomic E-state index is 13.6. The van der Waals surface area contributed by atoms with Crippen molar-refractivity contribution >= 4 is 40.6 Å². The van der Waals surface area contributed by atoms with Gasteiger partial charge in [0.25, 0.3) is 5.56 Å². The molecular weight excluding hydrogens is 422 g/mol. The molecule has 3 N–H and O–H groups in total. The molecule has 0 saturated heterocycles. The van der Waals surface area contributed by atoms with E-state index in [4.69, 9.17) is 23.3 Å². The lowest BCUT2D eigenvalue weighted by atomic mass is 10.1. The molecule has 0 spiro atoms. The molecule has 160 valence electrons. The van der Waals surface area contributed by atoms with Crippen LogP contribution in [0.4, 0.5) is 5.95 Å².